The minimum Gasteiger partial charge on any atom is -0.364 e. The van der Waals surface area contributed by atoms with Crippen LogP contribution >= 0.6 is 0 Å². The van der Waals surface area contributed by atoms with E-state index < -0.39 is 0 Å². The molecule has 0 amide bonds. The van der Waals surface area contributed by atoms with E-state index in [0.29, 0.717) is 18.1 Å². The van der Waals surface area contributed by atoms with Gasteiger partial charge in [0.15, 0.2) is 11.5 Å². The fourth-order valence-electron chi connectivity index (χ4n) is 3.12. The number of benzene rings is 1. The fraction of sp³-hybridized carbons (Fsp3) is 0.421. The molecular formula is C19H24N6. The second kappa shape index (κ2) is 8.56. The second-order valence-corrected chi connectivity index (χ2v) is 6.20. The molecule has 1 aromatic heterocycles. The zero-order valence-electron chi connectivity index (χ0n) is 14.6. The lowest BCUT2D eigenvalue weighted by molar-refractivity contribution is 0.131. The lowest BCUT2D eigenvalue weighted by Crippen LogP contribution is -2.45. The molecule has 0 bridgehead atoms. The maximum absolute atomic E-state index is 9.13. The van der Waals surface area contributed by atoms with Gasteiger partial charge in [-0.2, -0.15) is 5.26 Å². The molecule has 2 heterocycles. The Bertz CT molecular complexity index is 731. The Morgan fingerprint density at radius 3 is 2.44 bits per heavy atom. The molecule has 0 aliphatic carbocycles. The summed E-state index contributed by atoms with van der Waals surface area (Å²) in [6.07, 6.45) is 3.13. The van der Waals surface area contributed by atoms with Crippen LogP contribution in [0, 0.1) is 11.3 Å². The summed E-state index contributed by atoms with van der Waals surface area (Å²) in [7, 11) is 0. The standard InChI is InChI=1S/C19H24N6/c1-2-24-9-11-25(12-10-24)15-17-6-4-3-5-16(17)14-23-19-18(13-20)21-7-8-22-19/h3-8H,2,9-12,14-15H2,1H3,(H,22,23). The van der Waals surface area contributed by atoms with E-state index >= 15 is 0 Å². The molecule has 1 aliphatic rings. The van der Waals surface area contributed by atoms with Crippen LogP contribution in [-0.4, -0.2) is 52.5 Å². The van der Waals surface area contributed by atoms with Crippen molar-refractivity contribution < 1.29 is 0 Å². The van der Waals surface area contributed by atoms with Crippen molar-refractivity contribution in [2.45, 2.75) is 20.0 Å². The second-order valence-electron chi connectivity index (χ2n) is 6.20. The van der Waals surface area contributed by atoms with E-state index in [4.69, 9.17) is 5.26 Å². The molecule has 3 rings (SSSR count). The van der Waals surface area contributed by atoms with E-state index in [-0.39, 0.29) is 0 Å². The van der Waals surface area contributed by atoms with Gasteiger partial charge in [-0.05, 0) is 17.7 Å². The zero-order chi connectivity index (χ0) is 17.5. The first-order valence-electron chi connectivity index (χ1n) is 8.76. The third-order valence-electron chi connectivity index (χ3n) is 4.67. The van der Waals surface area contributed by atoms with E-state index in [9.17, 15) is 0 Å². The van der Waals surface area contributed by atoms with Crippen molar-refractivity contribution in [3.05, 3.63) is 53.5 Å². The quantitative estimate of drug-likeness (QED) is 0.871. The van der Waals surface area contributed by atoms with Gasteiger partial charge in [-0.25, -0.2) is 9.97 Å². The molecule has 1 N–H and O–H groups in total. The number of likely N-dealkylation sites (N-methyl/N-ethyl adjacent to an activating group) is 1. The van der Waals surface area contributed by atoms with Crippen molar-refractivity contribution in [1.29, 1.82) is 5.26 Å². The fourth-order valence-corrected chi connectivity index (χ4v) is 3.12. The van der Waals surface area contributed by atoms with Crippen molar-refractivity contribution in [3.63, 3.8) is 0 Å². The molecule has 130 valence electrons. The highest BCUT2D eigenvalue weighted by molar-refractivity contribution is 5.47. The minimum absolute atomic E-state index is 0.329. The maximum atomic E-state index is 9.13. The predicted molar refractivity (Wildman–Crippen MR) is 97.9 cm³/mol. The monoisotopic (exact) mass is 336 g/mol. The third kappa shape index (κ3) is 4.53. The lowest BCUT2D eigenvalue weighted by Gasteiger charge is -2.34. The Hall–Kier alpha value is -2.49. The Labute approximate surface area is 149 Å². The summed E-state index contributed by atoms with van der Waals surface area (Å²) in [4.78, 5) is 13.3. The molecule has 1 fully saturated rings. The van der Waals surface area contributed by atoms with Gasteiger partial charge in [0, 0.05) is 51.7 Å². The Balaban J connectivity index is 1.64. The molecule has 2 aromatic rings. The maximum Gasteiger partial charge on any atom is 0.182 e. The summed E-state index contributed by atoms with van der Waals surface area (Å²) in [5.74, 6) is 0.538. The molecule has 0 spiro atoms. The normalized spacial score (nSPS) is 15.7. The summed E-state index contributed by atoms with van der Waals surface area (Å²) in [5.41, 5.74) is 2.88. The van der Waals surface area contributed by atoms with E-state index in [1.165, 1.54) is 17.3 Å². The van der Waals surface area contributed by atoms with Gasteiger partial charge in [0.2, 0.25) is 0 Å². The van der Waals surface area contributed by atoms with Crippen LogP contribution in [0.2, 0.25) is 0 Å². The summed E-state index contributed by atoms with van der Waals surface area (Å²) >= 11 is 0. The molecule has 0 radical (unpaired) electrons. The number of hydrogen-bond acceptors (Lipinski definition) is 6. The van der Waals surface area contributed by atoms with Crippen LogP contribution in [0.25, 0.3) is 0 Å². The number of anilines is 1. The number of hydrogen-bond donors (Lipinski definition) is 1. The first-order chi connectivity index (χ1) is 12.3. The molecule has 0 saturated carbocycles. The number of nitriles is 1. The lowest BCUT2D eigenvalue weighted by atomic mass is 10.1. The number of nitrogens with zero attached hydrogens (tertiary/aromatic N) is 5. The zero-order valence-corrected chi connectivity index (χ0v) is 14.6. The molecule has 1 aromatic carbocycles. The highest BCUT2D eigenvalue weighted by atomic mass is 15.3. The number of rotatable bonds is 6. The summed E-state index contributed by atoms with van der Waals surface area (Å²) in [6.45, 7) is 9.45. The first-order valence-corrected chi connectivity index (χ1v) is 8.76. The predicted octanol–water partition coefficient (Wildman–Crippen LogP) is 2.10. The minimum atomic E-state index is 0.329. The molecule has 0 unspecified atom stereocenters. The van der Waals surface area contributed by atoms with Gasteiger partial charge < -0.3 is 10.2 Å². The van der Waals surface area contributed by atoms with Crippen molar-refractivity contribution in [3.8, 4) is 6.07 Å². The topological polar surface area (TPSA) is 68.1 Å². The molecule has 6 nitrogen and oxygen atoms in total. The Morgan fingerprint density at radius 2 is 1.72 bits per heavy atom. The summed E-state index contributed by atoms with van der Waals surface area (Å²) < 4.78 is 0. The van der Waals surface area contributed by atoms with Crippen molar-refractivity contribution in [2.24, 2.45) is 0 Å². The first kappa shape index (κ1) is 17.3. The average Bonchev–Trinajstić information content (AvgIpc) is 2.68. The summed E-state index contributed by atoms with van der Waals surface area (Å²) in [6, 6.07) is 10.5. The van der Waals surface area contributed by atoms with Crippen molar-refractivity contribution >= 4 is 5.82 Å². The molecule has 25 heavy (non-hydrogen) atoms. The van der Waals surface area contributed by atoms with Crippen LogP contribution in [0.1, 0.15) is 23.7 Å². The highest BCUT2D eigenvalue weighted by Gasteiger charge is 2.16. The highest BCUT2D eigenvalue weighted by Crippen LogP contribution is 2.16. The van der Waals surface area contributed by atoms with Crippen LogP contribution in [-0.2, 0) is 13.1 Å². The smallest absolute Gasteiger partial charge is 0.182 e. The number of piperazine rings is 1. The SMILES string of the molecule is CCN1CCN(Cc2ccccc2CNc2nccnc2C#N)CC1. The van der Waals surface area contributed by atoms with Crippen LogP contribution in [0.15, 0.2) is 36.7 Å². The number of aromatic nitrogens is 2. The van der Waals surface area contributed by atoms with E-state index in [2.05, 4.69) is 62.3 Å². The number of nitrogens with one attached hydrogen (secondary N) is 1. The van der Waals surface area contributed by atoms with Gasteiger partial charge in [-0.3, -0.25) is 4.90 Å². The molecule has 6 heteroatoms. The van der Waals surface area contributed by atoms with E-state index in [1.807, 2.05) is 0 Å². The van der Waals surface area contributed by atoms with Gasteiger partial charge in [-0.1, -0.05) is 31.2 Å². The van der Waals surface area contributed by atoms with Crippen LogP contribution < -0.4 is 5.32 Å². The van der Waals surface area contributed by atoms with Gasteiger partial charge in [-0.15, -0.1) is 0 Å². The van der Waals surface area contributed by atoms with Crippen molar-refractivity contribution in [2.75, 3.05) is 38.0 Å². The van der Waals surface area contributed by atoms with E-state index in [1.54, 1.807) is 6.20 Å². The molecular weight excluding hydrogens is 312 g/mol. The van der Waals surface area contributed by atoms with Gasteiger partial charge >= 0.3 is 0 Å². The average molecular weight is 336 g/mol. The largest absolute Gasteiger partial charge is 0.364 e. The van der Waals surface area contributed by atoms with Crippen LogP contribution in [0.4, 0.5) is 5.82 Å². The molecule has 1 aliphatic heterocycles. The molecule has 1 saturated heterocycles. The van der Waals surface area contributed by atoms with Gasteiger partial charge in [0.25, 0.3) is 0 Å². The summed E-state index contributed by atoms with van der Waals surface area (Å²) in [5, 5.41) is 12.4. The van der Waals surface area contributed by atoms with Crippen LogP contribution in [0.3, 0.4) is 0 Å². The van der Waals surface area contributed by atoms with Crippen LogP contribution in [0.5, 0.6) is 0 Å². The Kier molecular flexibility index (Phi) is 5.94. The Morgan fingerprint density at radius 1 is 1.04 bits per heavy atom. The molecule has 0 atom stereocenters. The van der Waals surface area contributed by atoms with E-state index in [0.717, 1.165) is 39.3 Å². The van der Waals surface area contributed by atoms with Gasteiger partial charge in [0.05, 0.1) is 0 Å². The van der Waals surface area contributed by atoms with Gasteiger partial charge in [0.1, 0.15) is 6.07 Å². The van der Waals surface area contributed by atoms with Crippen molar-refractivity contribution in [1.82, 2.24) is 19.8 Å². The third-order valence-corrected chi connectivity index (χ3v) is 4.67.